The zero-order valence-corrected chi connectivity index (χ0v) is 14.1. The highest BCUT2D eigenvalue weighted by molar-refractivity contribution is 5.97. The Morgan fingerprint density at radius 1 is 1.26 bits per heavy atom. The molecule has 0 unspecified atom stereocenters. The third-order valence-electron chi connectivity index (χ3n) is 4.14. The fourth-order valence-corrected chi connectivity index (χ4v) is 2.99. The van der Waals surface area contributed by atoms with Crippen LogP contribution in [0.15, 0.2) is 36.4 Å². The number of hydrogen-bond donors (Lipinski definition) is 2. The van der Waals surface area contributed by atoms with Crippen molar-refractivity contribution in [3.63, 3.8) is 0 Å². The lowest BCUT2D eigenvalue weighted by molar-refractivity contribution is -0.274. The molecule has 0 fully saturated rings. The monoisotopic (exact) mass is 373 g/mol. The number of carbonyl (C=O) groups excluding carboxylic acids is 1. The number of alkyl halides is 3. The summed E-state index contributed by atoms with van der Waals surface area (Å²) >= 11 is 0. The van der Waals surface area contributed by atoms with E-state index in [-0.39, 0.29) is 5.75 Å². The number of nitrogens with zero attached hydrogens (tertiary/aromatic N) is 1. The molecule has 1 aromatic heterocycles. The molecular formula is C19H14F3N3O2. The van der Waals surface area contributed by atoms with Crippen LogP contribution in [0.1, 0.15) is 28.4 Å². The van der Waals surface area contributed by atoms with Crippen LogP contribution in [0, 0.1) is 11.3 Å². The number of nitriles is 1. The zero-order chi connectivity index (χ0) is 19.8. The molecule has 0 radical (unpaired) electrons. The normalized spacial score (nSPS) is 11.4. The molecule has 0 bridgehead atoms. The average Bonchev–Trinajstić information content (AvgIpc) is 2.98. The molecule has 5 nitrogen and oxygen atoms in total. The van der Waals surface area contributed by atoms with Gasteiger partial charge in [0.1, 0.15) is 11.8 Å². The summed E-state index contributed by atoms with van der Waals surface area (Å²) in [5.74, 6) is -0.936. The van der Waals surface area contributed by atoms with E-state index in [0.29, 0.717) is 45.3 Å². The van der Waals surface area contributed by atoms with Gasteiger partial charge in [0.15, 0.2) is 0 Å². The molecule has 1 amide bonds. The number of aromatic amines is 1. The molecule has 0 aliphatic carbocycles. The molecule has 0 spiro atoms. The Bertz CT molecular complexity index is 1060. The molecule has 0 aliphatic heterocycles. The van der Waals surface area contributed by atoms with Crippen molar-refractivity contribution in [2.45, 2.75) is 19.7 Å². The molecule has 27 heavy (non-hydrogen) atoms. The Morgan fingerprint density at radius 3 is 2.44 bits per heavy atom. The summed E-state index contributed by atoms with van der Waals surface area (Å²) in [6.07, 6.45) is -4.39. The lowest BCUT2D eigenvalue weighted by atomic mass is 10.0. The first-order valence-electron chi connectivity index (χ1n) is 7.98. The molecule has 138 valence electrons. The quantitative estimate of drug-likeness (QED) is 0.715. The van der Waals surface area contributed by atoms with Gasteiger partial charge in [0, 0.05) is 17.0 Å². The standard InChI is InChI=1S/C19H14F3N3O2/c1-2-10-7-13(27-19(20,21)22)8-15-16(10)14(9-23)17(25-15)11-3-5-12(6-4-11)18(24)26/h3-8,25H,2H2,1H3,(H2,24,26). The van der Waals surface area contributed by atoms with Gasteiger partial charge in [-0.2, -0.15) is 5.26 Å². The number of hydrogen-bond acceptors (Lipinski definition) is 3. The average molecular weight is 373 g/mol. The molecular weight excluding hydrogens is 359 g/mol. The largest absolute Gasteiger partial charge is 0.573 e. The third-order valence-corrected chi connectivity index (χ3v) is 4.14. The number of halogens is 3. The van der Waals surface area contributed by atoms with Gasteiger partial charge in [-0.25, -0.2) is 0 Å². The highest BCUT2D eigenvalue weighted by atomic mass is 19.4. The van der Waals surface area contributed by atoms with Crippen LogP contribution >= 0.6 is 0 Å². The van der Waals surface area contributed by atoms with Crippen molar-refractivity contribution in [3.8, 4) is 23.1 Å². The summed E-state index contributed by atoms with van der Waals surface area (Å²) in [4.78, 5) is 14.2. The van der Waals surface area contributed by atoms with Crippen molar-refractivity contribution < 1.29 is 22.7 Å². The van der Waals surface area contributed by atoms with Gasteiger partial charge in [0.2, 0.25) is 5.91 Å². The number of aryl methyl sites for hydroxylation is 1. The molecule has 3 N–H and O–H groups in total. The molecule has 0 atom stereocenters. The van der Waals surface area contributed by atoms with Crippen molar-refractivity contribution in [2.75, 3.05) is 0 Å². The lowest BCUT2D eigenvalue weighted by Crippen LogP contribution is -2.17. The summed E-state index contributed by atoms with van der Waals surface area (Å²) in [5, 5.41) is 10.2. The number of benzene rings is 2. The predicted molar refractivity (Wildman–Crippen MR) is 93.0 cm³/mol. The van der Waals surface area contributed by atoms with Gasteiger partial charge in [-0.1, -0.05) is 19.1 Å². The molecule has 2 aromatic carbocycles. The van der Waals surface area contributed by atoms with E-state index in [9.17, 15) is 23.2 Å². The molecule has 0 saturated carbocycles. The van der Waals surface area contributed by atoms with Crippen LogP contribution in [0.3, 0.4) is 0 Å². The Hall–Kier alpha value is -3.47. The Morgan fingerprint density at radius 2 is 1.93 bits per heavy atom. The summed E-state index contributed by atoms with van der Waals surface area (Å²) in [6.45, 7) is 1.78. The van der Waals surface area contributed by atoms with Gasteiger partial charge in [-0.15, -0.1) is 13.2 Å². The summed E-state index contributed by atoms with van der Waals surface area (Å²) < 4.78 is 41.7. The van der Waals surface area contributed by atoms with Crippen LogP contribution < -0.4 is 10.5 Å². The smallest absolute Gasteiger partial charge is 0.406 e. The van der Waals surface area contributed by atoms with Gasteiger partial charge in [-0.3, -0.25) is 4.79 Å². The van der Waals surface area contributed by atoms with E-state index in [2.05, 4.69) is 15.8 Å². The van der Waals surface area contributed by atoms with Crippen LogP contribution in [0.25, 0.3) is 22.2 Å². The van der Waals surface area contributed by atoms with E-state index >= 15 is 0 Å². The minimum absolute atomic E-state index is 0.309. The van der Waals surface area contributed by atoms with E-state index in [4.69, 9.17) is 5.73 Å². The van der Waals surface area contributed by atoms with Crippen molar-refractivity contribution in [1.29, 1.82) is 5.26 Å². The predicted octanol–water partition coefficient (Wildman–Crippen LogP) is 4.27. The van der Waals surface area contributed by atoms with Crippen LogP contribution in [0.4, 0.5) is 13.2 Å². The number of fused-ring (bicyclic) bond motifs is 1. The summed E-state index contributed by atoms with van der Waals surface area (Å²) in [7, 11) is 0. The number of carbonyl (C=O) groups is 1. The number of primary amides is 1. The van der Waals surface area contributed by atoms with Gasteiger partial charge >= 0.3 is 6.36 Å². The number of nitrogens with two attached hydrogens (primary N) is 1. The summed E-state index contributed by atoms with van der Waals surface area (Å²) in [6, 6.07) is 10.9. The van der Waals surface area contributed by atoms with Gasteiger partial charge in [0.05, 0.1) is 16.8 Å². The number of rotatable bonds is 4. The second-order valence-corrected chi connectivity index (χ2v) is 5.83. The van der Waals surface area contributed by atoms with Crippen molar-refractivity contribution in [1.82, 2.24) is 4.98 Å². The minimum atomic E-state index is -4.81. The fraction of sp³-hybridized carbons (Fsp3) is 0.158. The van der Waals surface area contributed by atoms with E-state index in [1.54, 1.807) is 19.1 Å². The topological polar surface area (TPSA) is 91.9 Å². The molecule has 8 heteroatoms. The van der Waals surface area contributed by atoms with Crippen molar-refractivity contribution in [2.24, 2.45) is 5.73 Å². The van der Waals surface area contributed by atoms with E-state index in [1.807, 2.05) is 0 Å². The second-order valence-electron chi connectivity index (χ2n) is 5.83. The van der Waals surface area contributed by atoms with Crippen LogP contribution in [-0.2, 0) is 6.42 Å². The van der Waals surface area contributed by atoms with E-state index in [0.717, 1.165) is 0 Å². The number of amides is 1. The minimum Gasteiger partial charge on any atom is -0.406 e. The molecule has 0 saturated heterocycles. The van der Waals surface area contributed by atoms with Crippen LogP contribution in [0.2, 0.25) is 0 Å². The first-order chi connectivity index (χ1) is 12.7. The zero-order valence-electron chi connectivity index (χ0n) is 14.1. The highest BCUT2D eigenvalue weighted by Gasteiger charge is 2.31. The van der Waals surface area contributed by atoms with Crippen LogP contribution in [0.5, 0.6) is 5.75 Å². The molecule has 3 aromatic rings. The Kier molecular flexibility index (Phi) is 4.54. The van der Waals surface area contributed by atoms with Gasteiger partial charge < -0.3 is 15.5 Å². The van der Waals surface area contributed by atoms with E-state index in [1.165, 1.54) is 24.3 Å². The molecule has 0 aliphatic rings. The maximum atomic E-state index is 12.6. The third kappa shape index (κ3) is 3.58. The maximum absolute atomic E-state index is 12.6. The van der Waals surface area contributed by atoms with Gasteiger partial charge in [0.25, 0.3) is 0 Å². The van der Waals surface area contributed by atoms with Crippen molar-refractivity contribution >= 4 is 16.8 Å². The number of nitrogens with one attached hydrogen (secondary N) is 1. The highest BCUT2D eigenvalue weighted by Crippen LogP contribution is 2.36. The first kappa shape index (κ1) is 18.3. The maximum Gasteiger partial charge on any atom is 0.573 e. The molecule has 1 heterocycles. The molecule has 3 rings (SSSR count). The first-order valence-corrected chi connectivity index (χ1v) is 7.98. The van der Waals surface area contributed by atoms with E-state index < -0.39 is 12.3 Å². The lowest BCUT2D eigenvalue weighted by Gasteiger charge is -2.10. The SMILES string of the molecule is CCc1cc(OC(F)(F)F)cc2[nH]c(-c3ccc(C(N)=O)cc3)c(C#N)c12. The van der Waals surface area contributed by atoms with Crippen molar-refractivity contribution in [3.05, 3.63) is 53.1 Å². The second kappa shape index (κ2) is 6.68. The Balaban J connectivity index is 2.20. The number of ether oxygens (including phenoxy) is 1. The Labute approximate surface area is 152 Å². The fourth-order valence-electron chi connectivity index (χ4n) is 2.99. The summed E-state index contributed by atoms with van der Waals surface area (Å²) in [5.41, 5.74) is 7.81. The number of H-pyrrole nitrogens is 1. The van der Waals surface area contributed by atoms with Gasteiger partial charge in [-0.05, 0) is 35.7 Å². The van der Waals surface area contributed by atoms with Crippen LogP contribution in [-0.4, -0.2) is 17.3 Å². The number of aromatic nitrogens is 1.